The van der Waals surface area contributed by atoms with Crippen molar-refractivity contribution in [1.29, 1.82) is 0 Å². The van der Waals surface area contributed by atoms with Gasteiger partial charge in [0.1, 0.15) is 17.8 Å². The van der Waals surface area contributed by atoms with Gasteiger partial charge in [-0.1, -0.05) is 24.3 Å². The predicted molar refractivity (Wildman–Crippen MR) is 131 cm³/mol. The molecule has 3 aromatic carbocycles. The van der Waals surface area contributed by atoms with Crippen molar-refractivity contribution in [1.82, 2.24) is 9.97 Å². The monoisotopic (exact) mass is 527 g/mol. The minimum Gasteiger partial charge on any atom is -0.338 e. The molecule has 194 valence electrons. The molecular weight excluding hydrogens is 508 g/mol. The van der Waals surface area contributed by atoms with E-state index in [4.69, 9.17) is 12.3 Å². The van der Waals surface area contributed by atoms with Crippen LogP contribution in [0.1, 0.15) is 12.0 Å². The van der Waals surface area contributed by atoms with E-state index >= 15 is 0 Å². The lowest BCUT2D eigenvalue weighted by atomic mass is 9.96. The molecule has 11 heteroatoms. The van der Waals surface area contributed by atoms with E-state index in [1.54, 1.807) is 4.90 Å². The van der Waals surface area contributed by atoms with Gasteiger partial charge < -0.3 is 10.6 Å². The molecule has 1 aromatic heterocycles. The Balaban J connectivity index is 1.74. The van der Waals surface area contributed by atoms with Crippen LogP contribution in [0.15, 0.2) is 54.6 Å². The Hall–Kier alpha value is -4.17. The summed E-state index contributed by atoms with van der Waals surface area (Å²) in [5.74, 6) is -1.75. The maximum absolute atomic E-state index is 14.7. The first-order valence-corrected chi connectivity index (χ1v) is 11.6. The number of anilines is 1. The fourth-order valence-corrected chi connectivity index (χ4v) is 4.54. The van der Waals surface area contributed by atoms with Crippen LogP contribution in [0.25, 0.3) is 38.1 Å². The second-order valence-corrected chi connectivity index (χ2v) is 8.96. The zero-order valence-corrected chi connectivity index (χ0v) is 19.6. The van der Waals surface area contributed by atoms with Crippen molar-refractivity contribution in [2.45, 2.75) is 24.8 Å². The van der Waals surface area contributed by atoms with Gasteiger partial charge in [0.05, 0.1) is 29.9 Å². The van der Waals surface area contributed by atoms with Gasteiger partial charge in [-0.3, -0.25) is 0 Å². The average Bonchev–Trinajstić information content (AvgIpc) is 2.88. The van der Waals surface area contributed by atoms with Gasteiger partial charge in [-0.05, 0) is 42.3 Å². The lowest BCUT2D eigenvalue weighted by molar-refractivity contribution is -0.137. The van der Waals surface area contributed by atoms with Crippen molar-refractivity contribution in [3.63, 3.8) is 0 Å². The number of halogens is 6. The predicted octanol–water partition coefficient (Wildman–Crippen LogP) is 6.69. The van der Waals surface area contributed by atoms with Gasteiger partial charge in [0, 0.05) is 29.1 Å². The molecule has 0 spiro atoms. The van der Waals surface area contributed by atoms with Crippen LogP contribution in [0.4, 0.5) is 38.0 Å². The van der Waals surface area contributed by atoms with Crippen LogP contribution in [0.3, 0.4) is 0 Å². The van der Waals surface area contributed by atoms with E-state index in [2.05, 4.69) is 14.8 Å². The number of alkyl halides is 4. The molecule has 1 aliphatic heterocycles. The molecule has 1 fully saturated rings. The Morgan fingerprint density at radius 3 is 2.42 bits per heavy atom. The van der Waals surface area contributed by atoms with E-state index < -0.39 is 41.2 Å². The summed E-state index contributed by atoms with van der Waals surface area (Å²) in [6.45, 7) is 7.38. The number of hydrogen-bond acceptors (Lipinski definition) is 4. The maximum atomic E-state index is 14.7. The van der Waals surface area contributed by atoms with Crippen LogP contribution >= 0.6 is 0 Å². The van der Waals surface area contributed by atoms with E-state index in [-0.39, 0.29) is 45.9 Å². The van der Waals surface area contributed by atoms with Crippen LogP contribution in [0, 0.1) is 18.2 Å². The molecule has 2 N–H and O–H groups in total. The molecular formula is C27H19F6N5. The zero-order chi connectivity index (χ0) is 27.2. The van der Waals surface area contributed by atoms with Crippen molar-refractivity contribution in [2.24, 2.45) is 5.73 Å². The van der Waals surface area contributed by atoms with Crippen LogP contribution in [0.5, 0.6) is 0 Å². The van der Waals surface area contributed by atoms with Crippen LogP contribution in [0.2, 0.25) is 0 Å². The van der Waals surface area contributed by atoms with Gasteiger partial charge in [-0.15, -0.1) is 0 Å². The van der Waals surface area contributed by atoms with Gasteiger partial charge in [0.2, 0.25) is 11.6 Å². The summed E-state index contributed by atoms with van der Waals surface area (Å²) in [7, 11) is 0. The SMILES string of the molecule is [C-]#[N+]c1ccc(-c2nc(N3CC[C@@H](N)[C@@H](F)C3)nc3ccc(-c4c(F)cccc4C(F)(F)F)cc23)cc1F. The summed E-state index contributed by atoms with van der Waals surface area (Å²) >= 11 is 0. The lowest BCUT2D eigenvalue weighted by Crippen LogP contribution is -2.49. The number of nitrogens with zero attached hydrogens (tertiary/aromatic N) is 4. The van der Waals surface area contributed by atoms with Gasteiger partial charge >= 0.3 is 6.18 Å². The molecule has 0 amide bonds. The Labute approximate surface area is 213 Å². The second-order valence-electron chi connectivity index (χ2n) is 8.96. The van der Waals surface area contributed by atoms with Gasteiger partial charge in [0.15, 0.2) is 0 Å². The molecule has 1 aliphatic rings. The molecule has 38 heavy (non-hydrogen) atoms. The number of benzene rings is 3. The third-order valence-electron chi connectivity index (χ3n) is 6.51. The molecule has 5 nitrogen and oxygen atoms in total. The van der Waals surface area contributed by atoms with E-state index in [0.29, 0.717) is 13.0 Å². The number of fused-ring (bicyclic) bond motifs is 1. The summed E-state index contributed by atoms with van der Waals surface area (Å²) < 4.78 is 84.8. The van der Waals surface area contributed by atoms with E-state index in [1.807, 2.05) is 0 Å². The van der Waals surface area contributed by atoms with Crippen molar-refractivity contribution in [2.75, 3.05) is 18.0 Å². The molecule has 4 aromatic rings. The maximum Gasteiger partial charge on any atom is 0.417 e. The van der Waals surface area contributed by atoms with Crippen molar-refractivity contribution in [3.8, 4) is 22.4 Å². The Kier molecular flexibility index (Phi) is 6.44. The van der Waals surface area contributed by atoms with Gasteiger partial charge in [-0.2, -0.15) is 13.2 Å². The van der Waals surface area contributed by atoms with E-state index in [1.165, 1.54) is 30.3 Å². The molecule has 2 atom stereocenters. The molecule has 0 unspecified atom stereocenters. The fourth-order valence-electron chi connectivity index (χ4n) is 4.54. The van der Waals surface area contributed by atoms with Crippen molar-refractivity contribution >= 4 is 22.5 Å². The number of rotatable bonds is 3. The lowest BCUT2D eigenvalue weighted by Gasteiger charge is -2.33. The topological polar surface area (TPSA) is 59.4 Å². The van der Waals surface area contributed by atoms with Gasteiger partial charge in [-0.25, -0.2) is 28.0 Å². The summed E-state index contributed by atoms with van der Waals surface area (Å²) in [4.78, 5) is 13.7. The van der Waals surface area contributed by atoms with Crippen molar-refractivity contribution in [3.05, 3.63) is 83.2 Å². The Morgan fingerprint density at radius 1 is 0.974 bits per heavy atom. The summed E-state index contributed by atoms with van der Waals surface area (Å²) in [6.07, 6.45) is -5.79. The van der Waals surface area contributed by atoms with Crippen LogP contribution in [-0.4, -0.2) is 35.3 Å². The normalized spacial score (nSPS) is 18.0. The highest BCUT2D eigenvalue weighted by molar-refractivity contribution is 5.96. The number of aromatic nitrogens is 2. The fraction of sp³-hybridized carbons (Fsp3) is 0.222. The largest absolute Gasteiger partial charge is 0.417 e. The molecule has 0 bridgehead atoms. The second kappa shape index (κ2) is 9.61. The molecule has 0 aliphatic carbocycles. The highest BCUT2D eigenvalue weighted by Crippen LogP contribution is 2.40. The van der Waals surface area contributed by atoms with E-state index in [9.17, 15) is 26.3 Å². The smallest absolute Gasteiger partial charge is 0.338 e. The highest BCUT2D eigenvalue weighted by atomic mass is 19.4. The summed E-state index contributed by atoms with van der Waals surface area (Å²) in [5, 5.41) is 0.225. The van der Waals surface area contributed by atoms with Crippen LogP contribution in [-0.2, 0) is 6.18 Å². The average molecular weight is 527 g/mol. The van der Waals surface area contributed by atoms with Crippen molar-refractivity contribution < 1.29 is 26.3 Å². The number of nitrogens with two attached hydrogens (primary N) is 1. The third kappa shape index (κ3) is 4.63. The first kappa shape index (κ1) is 25.5. The molecule has 2 heterocycles. The Bertz CT molecular complexity index is 1580. The Morgan fingerprint density at radius 2 is 1.74 bits per heavy atom. The molecule has 0 saturated carbocycles. The highest BCUT2D eigenvalue weighted by Gasteiger charge is 2.35. The molecule has 5 rings (SSSR count). The molecule has 1 saturated heterocycles. The standard InChI is InChI=1S/C27H19F6N5/c1-35-23-8-6-15(12-19(23)29)25-16-11-14(24-17(27(31,32)33)3-2-4-18(24)28)5-7-22(16)36-26(37-25)38-10-9-21(34)20(30)13-38/h2-8,11-12,20-21H,9-10,13,34H2/t20-,21+/m0/s1. The summed E-state index contributed by atoms with van der Waals surface area (Å²) in [5.41, 5.74) is 4.32. The van der Waals surface area contributed by atoms with Gasteiger partial charge in [0.25, 0.3) is 0 Å². The minimum absolute atomic E-state index is 0.0701. The molecule has 0 radical (unpaired) electrons. The first-order chi connectivity index (χ1) is 18.1. The summed E-state index contributed by atoms with van der Waals surface area (Å²) in [6, 6.07) is 9.89. The first-order valence-electron chi connectivity index (χ1n) is 11.6. The number of hydrogen-bond donors (Lipinski definition) is 1. The quantitative estimate of drug-likeness (QED) is 0.238. The minimum atomic E-state index is -4.81. The number of piperidine rings is 1. The third-order valence-corrected chi connectivity index (χ3v) is 6.51. The zero-order valence-electron chi connectivity index (χ0n) is 19.6. The van der Waals surface area contributed by atoms with E-state index in [0.717, 1.165) is 24.3 Å². The van der Waals surface area contributed by atoms with Crippen LogP contribution < -0.4 is 10.6 Å².